The van der Waals surface area contributed by atoms with Crippen LogP contribution in [0.5, 0.6) is 0 Å². The molecule has 36 heavy (non-hydrogen) atoms. The smallest absolute Gasteiger partial charge is 0.229 e. The molecule has 2 saturated heterocycles. The normalized spacial score (nSPS) is 18.6. The third kappa shape index (κ3) is 4.21. The maximum absolute atomic E-state index is 12.0. The number of anilines is 3. The Hall–Kier alpha value is -3.47. The largest absolute Gasteiger partial charge is 0.341 e. The van der Waals surface area contributed by atoms with Gasteiger partial charge in [0.2, 0.25) is 5.95 Å². The van der Waals surface area contributed by atoms with Gasteiger partial charge in [-0.2, -0.15) is 15.1 Å². The van der Waals surface area contributed by atoms with Crippen LogP contribution in [-0.2, 0) is 9.84 Å². The molecule has 2 aliphatic rings. The van der Waals surface area contributed by atoms with Crippen LogP contribution in [0.2, 0.25) is 0 Å². The molecule has 6 rings (SSSR count). The zero-order valence-electron chi connectivity index (χ0n) is 20.4. The van der Waals surface area contributed by atoms with Crippen LogP contribution < -0.4 is 10.2 Å². The molecular formula is C25H30N8O2S. The van der Waals surface area contributed by atoms with Crippen molar-refractivity contribution in [2.45, 2.75) is 38.8 Å². The number of rotatable bonds is 7. The predicted molar refractivity (Wildman–Crippen MR) is 139 cm³/mol. The Labute approximate surface area is 210 Å². The van der Waals surface area contributed by atoms with Crippen molar-refractivity contribution in [2.75, 3.05) is 34.8 Å². The molecule has 1 unspecified atom stereocenters. The average molecular weight is 507 g/mol. The molecule has 2 aliphatic heterocycles. The van der Waals surface area contributed by atoms with E-state index in [4.69, 9.17) is 9.97 Å². The van der Waals surface area contributed by atoms with Crippen molar-refractivity contribution < 1.29 is 8.42 Å². The van der Waals surface area contributed by atoms with Gasteiger partial charge in [0.1, 0.15) is 0 Å². The van der Waals surface area contributed by atoms with E-state index in [0.29, 0.717) is 17.3 Å². The molecule has 0 radical (unpaired) electrons. The van der Waals surface area contributed by atoms with E-state index in [0.717, 1.165) is 42.8 Å². The van der Waals surface area contributed by atoms with Gasteiger partial charge in [0.25, 0.3) is 0 Å². The van der Waals surface area contributed by atoms with Crippen molar-refractivity contribution in [1.82, 2.24) is 29.3 Å². The van der Waals surface area contributed by atoms with Gasteiger partial charge in [-0.1, -0.05) is 30.3 Å². The maximum atomic E-state index is 12.0. The van der Waals surface area contributed by atoms with Crippen molar-refractivity contribution in [3.05, 3.63) is 54.6 Å². The van der Waals surface area contributed by atoms with Crippen molar-refractivity contribution in [3.8, 4) is 0 Å². The Morgan fingerprint density at radius 2 is 1.81 bits per heavy atom. The first-order valence-corrected chi connectivity index (χ1v) is 14.3. The summed E-state index contributed by atoms with van der Waals surface area (Å²) in [7, 11) is -2.96. The zero-order chi connectivity index (χ0) is 24.9. The summed E-state index contributed by atoms with van der Waals surface area (Å²) in [5, 5.41) is 8.06. The van der Waals surface area contributed by atoms with Crippen molar-refractivity contribution in [2.24, 2.45) is 5.92 Å². The summed E-state index contributed by atoms with van der Waals surface area (Å²) in [6.07, 6.45) is 7.77. The Morgan fingerprint density at radius 3 is 2.50 bits per heavy atom. The summed E-state index contributed by atoms with van der Waals surface area (Å²) in [5.74, 6) is 1.68. The highest BCUT2D eigenvalue weighted by Gasteiger charge is 2.40. The molecular weight excluding hydrogens is 476 g/mol. The SMILES string of the molecule is CC(C)n1cnc2c(Nc3cnn(C(c4ccccc4)C4CS(=O)(=O)C4)c3)nc(N3CCCC3)nc21. The van der Waals surface area contributed by atoms with E-state index in [-0.39, 0.29) is 29.5 Å². The summed E-state index contributed by atoms with van der Waals surface area (Å²) in [6.45, 7) is 6.12. The summed E-state index contributed by atoms with van der Waals surface area (Å²) in [4.78, 5) is 16.6. The number of sulfone groups is 1. The van der Waals surface area contributed by atoms with E-state index in [1.165, 1.54) is 0 Å². The lowest BCUT2D eigenvalue weighted by Crippen LogP contribution is -2.42. The zero-order valence-corrected chi connectivity index (χ0v) is 21.3. The molecule has 10 nitrogen and oxygen atoms in total. The second-order valence-corrected chi connectivity index (χ2v) is 12.2. The number of nitrogens with one attached hydrogen (secondary N) is 1. The van der Waals surface area contributed by atoms with E-state index in [1.807, 2.05) is 47.5 Å². The van der Waals surface area contributed by atoms with Crippen LogP contribution in [0.1, 0.15) is 44.3 Å². The fourth-order valence-corrected chi connectivity index (χ4v) is 6.77. The lowest BCUT2D eigenvalue weighted by atomic mass is 9.95. The topological polar surface area (TPSA) is 111 Å². The van der Waals surface area contributed by atoms with Gasteiger partial charge in [0, 0.05) is 31.2 Å². The highest BCUT2D eigenvalue weighted by Crippen LogP contribution is 2.36. The standard InChI is InChI=1S/C25H30N8O2S/c1-17(2)32-16-26-21-23(29-25(30-24(21)32)31-10-6-7-11-31)28-20-12-27-33(13-20)22(18-8-4-3-5-9-18)19-14-36(34,35)15-19/h3-5,8-9,12-13,16-17,19,22H,6-7,10-11,14-15H2,1-2H3,(H,28,29,30). The number of benzene rings is 1. The molecule has 2 fully saturated rings. The van der Waals surface area contributed by atoms with Crippen LogP contribution in [0.4, 0.5) is 17.5 Å². The Balaban J connectivity index is 1.35. The molecule has 11 heteroatoms. The average Bonchev–Trinajstić information content (AvgIpc) is 3.60. The second-order valence-electron chi connectivity index (χ2n) is 10.0. The highest BCUT2D eigenvalue weighted by molar-refractivity contribution is 7.92. The van der Waals surface area contributed by atoms with Crippen molar-refractivity contribution >= 4 is 38.5 Å². The van der Waals surface area contributed by atoms with Crippen LogP contribution >= 0.6 is 0 Å². The first-order valence-electron chi connectivity index (χ1n) is 12.4. The number of hydrogen-bond acceptors (Lipinski definition) is 8. The summed E-state index contributed by atoms with van der Waals surface area (Å²) < 4.78 is 27.8. The molecule has 4 aromatic rings. The van der Waals surface area contributed by atoms with Gasteiger partial charge in [-0.25, -0.2) is 13.4 Å². The van der Waals surface area contributed by atoms with Crippen molar-refractivity contribution in [1.29, 1.82) is 0 Å². The summed E-state index contributed by atoms with van der Waals surface area (Å²) in [5.41, 5.74) is 3.33. The predicted octanol–water partition coefficient (Wildman–Crippen LogP) is 3.58. The van der Waals surface area contributed by atoms with Crippen LogP contribution in [0.25, 0.3) is 11.2 Å². The van der Waals surface area contributed by atoms with Gasteiger partial charge >= 0.3 is 0 Å². The maximum Gasteiger partial charge on any atom is 0.229 e. The molecule has 0 bridgehead atoms. The summed E-state index contributed by atoms with van der Waals surface area (Å²) >= 11 is 0. The second kappa shape index (κ2) is 8.88. The molecule has 0 amide bonds. The quantitative estimate of drug-likeness (QED) is 0.405. The Kier molecular flexibility index (Phi) is 5.66. The molecule has 0 saturated carbocycles. The van der Waals surface area contributed by atoms with E-state index in [1.54, 1.807) is 6.20 Å². The van der Waals surface area contributed by atoms with Crippen LogP contribution in [-0.4, -0.2) is 62.3 Å². The summed E-state index contributed by atoms with van der Waals surface area (Å²) in [6, 6.07) is 10.0. The lowest BCUT2D eigenvalue weighted by molar-refractivity contribution is 0.378. The van der Waals surface area contributed by atoms with Gasteiger partial charge in [-0.3, -0.25) is 4.68 Å². The number of fused-ring (bicyclic) bond motifs is 1. The Morgan fingerprint density at radius 1 is 1.06 bits per heavy atom. The fourth-order valence-electron chi connectivity index (χ4n) is 5.20. The van der Waals surface area contributed by atoms with Gasteiger partial charge in [-0.15, -0.1) is 0 Å². The minimum atomic E-state index is -2.96. The van der Waals surface area contributed by atoms with E-state index < -0.39 is 9.84 Å². The third-order valence-electron chi connectivity index (χ3n) is 7.03. The van der Waals surface area contributed by atoms with Crippen LogP contribution in [0.3, 0.4) is 0 Å². The molecule has 1 aromatic carbocycles. The number of imidazole rings is 1. The van der Waals surface area contributed by atoms with Gasteiger partial charge < -0.3 is 14.8 Å². The van der Waals surface area contributed by atoms with Gasteiger partial charge in [0.15, 0.2) is 26.8 Å². The van der Waals surface area contributed by atoms with Crippen LogP contribution in [0, 0.1) is 5.92 Å². The molecule has 1 N–H and O–H groups in total. The molecule has 0 aliphatic carbocycles. The first kappa shape index (κ1) is 23.0. The number of hydrogen-bond donors (Lipinski definition) is 1. The van der Waals surface area contributed by atoms with E-state index >= 15 is 0 Å². The molecule has 3 aromatic heterocycles. The monoisotopic (exact) mass is 506 g/mol. The van der Waals surface area contributed by atoms with Gasteiger partial charge in [-0.05, 0) is 32.3 Å². The van der Waals surface area contributed by atoms with Gasteiger partial charge in [0.05, 0.1) is 35.8 Å². The molecule has 188 valence electrons. The highest BCUT2D eigenvalue weighted by atomic mass is 32.2. The van der Waals surface area contributed by atoms with E-state index in [9.17, 15) is 8.42 Å². The number of aromatic nitrogens is 6. The van der Waals surface area contributed by atoms with Crippen molar-refractivity contribution in [3.63, 3.8) is 0 Å². The van der Waals surface area contributed by atoms with E-state index in [2.05, 4.69) is 38.7 Å². The Bertz CT molecular complexity index is 1480. The first-order chi connectivity index (χ1) is 17.4. The lowest BCUT2D eigenvalue weighted by Gasteiger charge is -2.33. The fraction of sp³-hybridized carbons (Fsp3) is 0.440. The molecule has 5 heterocycles. The minimum Gasteiger partial charge on any atom is -0.341 e. The molecule has 0 spiro atoms. The number of nitrogens with zero attached hydrogens (tertiary/aromatic N) is 7. The van der Waals surface area contributed by atoms with Crippen LogP contribution in [0.15, 0.2) is 49.1 Å². The molecule has 1 atom stereocenters. The minimum absolute atomic E-state index is 0.0144. The third-order valence-corrected chi connectivity index (χ3v) is 8.90.